The molecular weight excluding hydrogens is 484 g/mol. The topological polar surface area (TPSA) is 72.5 Å². The van der Waals surface area contributed by atoms with Crippen LogP contribution in [0.4, 0.5) is 0 Å². The summed E-state index contributed by atoms with van der Waals surface area (Å²) >= 11 is 0. The van der Waals surface area contributed by atoms with Crippen LogP contribution in [0.15, 0.2) is 0 Å². The molecule has 0 aromatic carbocycles. The van der Waals surface area contributed by atoms with Crippen LogP contribution >= 0.6 is 0 Å². The molecule has 0 spiro atoms. The van der Waals surface area contributed by atoms with Crippen molar-refractivity contribution in [1.29, 1.82) is 0 Å². The van der Waals surface area contributed by atoms with Crippen molar-refractivity contribution in [3.8, 4) is 0 Å². The molecule has 0 rings (SSSR count). The Morgan fingerprint density at radius 1 is 0.447 bits per heavy atom. The first kappa shape index (κ1) is 37.3. The molecule has 0 heterocycles. The molecule has 0 aromatic heterocycles. The van der Waals surface area contributed by atoms with Gasteiger partial charge in [0.25, 0.3) is 0 Å². The van der Waals surface area contributed by atoms with Crippen molar-refractivity contribution in [2.45, 2.75) is 117 Å². The van der Waals surface area contributed by atoms with E-state index in [1.807, 2.05) is 6.92 Å². The first-order valence-corrected chi connectivity index (χ1v) is 15.8. The third kappa shape index (κ3) is 28.3. The van der Waals surface area contributed by atoms with Gasteiger partial charge in [0, 0.05) is 6.61 Å². The minimum atomic E-state index is -0.103. The first-order chi connectivity index (χ1) is 18.8. The highest BCUT2D eigenvalue weighted by Crippen LogP contribution is 2.14. The fourth-order valence-electron chi connectivity index (χ4n) is 4.11. The summed E-state index contributed by atoms with van der Waals surface area (Å²) in [5.74, 6) is -0.0879. The number of carbonyl (C=O) groups is 1. The fraction of sp³-hybridized carbons (Fsp3) is 0.968. The van der Waals surface area contributed by atoms with Gasteiger partial charge in [0.2, 0.25) is 0 Å². The minimum Gasteiger partial charge on any atom is -0.463 e. The summed E-state index contributed by atoms with van der Waals surface area (Å²) < 4.78 is 32.9. The summed E-state index contributed by atoms with van der Waals surface area (Å²) in [6.07, 6.45) is 18.8. The van der Waals surface area contributed by atoms with E-state index in [0.29, 0.717) is 66.1 Å². The van der Waals surface area contributed by atoms with E-state index >= 15 is 0 Å². The number of carbonyl (C=O) groups excluding carboxylic acids is 1. The number of esters is 1. The molecule has 1 unspecified atom stereocenters. The predicted octanol–water partition coefficient (Wildman–Crippen LogP) is 7.14. The quantitative estimate of drug-likeness (QED) is 0.0656. The van der Waals surface area contributed by atoms with E-state index in [2.05, 4.69) is 13.8 Å². The molecule has 228 valence electrons. The largest absolute Gasteiger partial charge is 0.463 e. The highest BCUT2D eigenvalue weighted by atomic mass is 16.6. The molecule has 0 fully saturated rings. The Labute approximate surface area is 235 Å². The molecule has 0 aliphatic carbocycles. The van der Waals surface area contributed by atoms with Crippen LogP contribution in [0.2, 0.25) is 0 Å². The Bertz CT molecular complexity index is 462. The lowest BCUT2D eigenvalue weighted by Gasteiger charge is -2.13. The molecule has 0 aliphatic heterocycles. The summed E-state index contributed by atoms with van der Waals surface area (Å²) in [6.45, 7) is 12.4. The van der Waals surface area contributed by atoms with E-state index in [1.165, 1.54) is 64.2 Å². The molecule has 0 amide bonds. The Balaban J connectivity index is 3.16. The third-order valence-corrected chi connectivity index (χ3v) is 6.58. The molecule has 7 nitrogen and oxygen atoms in total. The van der Waals surface area contributed by atoms with Gasteiger partial charge in [-0.2, -0.15) is 0 Å². The van der Waals surface area contributed by atoms with Crippen molar-refractivity contribution >= 4 is 5.97 Å². The zero-order valence-corrected chi connectivity index (χ0v) is 25.3. The van der Waals surface area contributed by atoms with E-state index in [1.54, 1.807) is 0 Å². The average molecular weight is 547 g/mol. The van der Waals surface area contributed by atoms with E-state index in [-0.39, 0.29) is 11.9 Å². The second-order valence-electron chi connectivity index (χ2n) is 10.0. The second kappa shape index (κ2) is 32.5. The number of rotatable bonds is 32. The summed E-state index contributed by atoms with van der Waals surface area (Å²) in [5, 5.41) is 0. The van der Waals surface area contributed by atoms with Crippen LogP contribution in [-0.2, 0) is 33.2 Å². The Kier molecular flexibility index (Phi) is 31.9. The van der Waals surface area contributed by atoms with Gasteiger partial charge in [-0.05, 0) is 19.3 Å². The van der Waals surface area contributed by atoms with Gasteiger partial charge in [-0.3, -0.25) is 4.79 Å². The van der Waals surface area contributed by atoms with Crippen LogP contribution in [0.5, 0.6) is 0 Å². The van der Waals surface area contributed by atoms with Gasteiger partial charge in [-0.25, -0.2) is 0 Å². The van der Waals surface area contributed by atoms with Crippen molar-refractivity contribution in [3.05, 3.63) is 0 Å². The molecule has 0 radical (unpaired) electrons. The van der Waals surface area contributed by atoms with Gasteiger partial charge in [-0.1, -0.05) is 97.8 Å². The Morgan fingerprint density at radius 3 is 1.24 bits per heavy atom. The highest BCUT2D eigenvalue weighted by molar-refractivity contribution is 5.72. The maximum absolute atomic E-state index is 12.0. The van der Waals surface area contributed by atoms with E-state index in [4.69, 9.17) is 28.4 Å². The predicted molar refractivity (Wildman–Crippen MR) is 155 cm³/mol. The lowest BCUT2D eigenvalue weighted by molar-refractivity contribution is -0.150. The summed E-state index contributed by atoms with van der Waals surface area (Å²) in [7, 11) is 0. The van der Waals surface area contributed by atoms with Gasteiger partial charge in [-0.15, -0.1) is 0 Å². The summed E-state index contributed by atoms with van der Waals surface area (Å²) in [6, 6.07) is 0. The van der Waals surface area contributed by atoms with Crippen LogP contribution in [0.25, 0.3) is 0 Å². The number of unbranched alkanes of at least 4 members (excludes halogenated alkanes) is 11. The zero-order chi connectivity index (χ0) is 27.8. The van der Waals surface area contributed by atoms with E-state index < -0.39 is 0 Å². The van der Waals surface area contributed by atoms with E-state index in [9.17, 15) is 4.79 Å². The molecular formula is C31H62O7. The molecule has 0 saturated carbocycles. The third-order valence-electron chi connectivity index (χ3n) is 6.58. The number of hydrogen-bond donors (Lipinski definition) is 0. The number of hydrogen-bond acceptors (Lipinski definition) is 7. The smallest absolute Gasteiger partial charge is 0.308 e. The Hall–Kier alpha value is -0.730. The van der Waals surface area contributed by atoms with Crippen molar-refractivity contribution in [1.82, 2.24) is 0 Å². The van der Waals surface area contributed by atoms with Crippen molar-refractivity contribution in [2.75, 3.05) is 72.7 Å². The second-order valence-corrected chi connectivity index (χ2v) is 10.0. The average Bonchev–Trinajstić information content (AvgIpc) is 2.93. The molecule has 0 aliphatic rings. The minimum absolute atomic E-state index is 0.0149. The molecule has 38 heavy (non-hydrogen) atoms. The molecule has 7 heteroatoms. The SMILES string of the molecule is CCCCCCCCCCCCCOCCOCCOCCOCCOCCOC(=O)C(CC)CCCC. The lowest BCUT2D eigenvalue weighted by Crippen LogP contribution is -2.20. The summed E-state index contributed by atoms with van der Waals surface area (Å²) in [5.41, 5.74) is 0. The highest BCUT2D eigenvalue weighted by Gasteiger charge is 2.16. The van der Waals surface area contributed by atoms with Crippen LogP contribution in [-0.4, -0.2) is 78.6 Å². The van der Waals surface area contributed by atoms with Gasteiger partial charge in [0.1, 0.15) is 6.61 Å². The fourth-order valence-corrected chi connectivity index (χ4v) is 4.11. The van der Waals surface area contributed by atoms with Gasteiger partial charge >= 0.3 is 5.97 Å². The van der Waals surface area contributed by atoms with Crippen LogP contribution in [0.3, 0.4) is 0 Å². The molecule has 0 aromatic rings. The van der Waals surface area contributed by atoms with Crippen molar-refractivity contribution < 1.29 is 33.2 Å². The van der Waals surface area contributed by atoms with Crippen LogP contribution in [0, 0.1) is 5.92 Å². The van der Waals surface area contributed by atoms with E-state index in [0.717, 1.165) is 38.7 Å². The number of ether oxygens (including phenoxy) is 6. The lowest BCUT2D eigenvalue weighted by atomic mass is 10.00. The van der Waals surface area contributed by atoms with Crippen LogP contribution in [0.1, 0.15) is 117 Å². The molecule has 0 bridgehead atoms. The Morgan fingerprint density at radius 2 is 0.816 bits per heavy atom. The molecule has 0 N–H and O–H groups in total. The monoisotopic (exact) mass is 546 g/mol. The molecule has 0 saturated heterocycles. The van der Waals surface area contributed by atoms with Gasteiger partial charge < -0.3 is 28.4 Å². The zero-order valence-electron chi connectivity index (χ0n) is 25.3. The van der Waals surface area contributed by atoms with Crippen molar-refractivity contribution in [3.63, 3.8) is 0 Å². The van der Waals surface area contributed by atoms with Crippen molar-refractivity contribution in [2.24, 2.45) is 5.92 Å². The normalized spacial score (nSPS) is 12.2. The first-order valence-electron chi connectivity index (χ1n) is 15.8. The summed E-state index contributed by atoms with van der Waals surface area (Å²) in [4.78, 5) is 12.0. The maximum atomic E-state index is 12.0. The van der Waals surface area contributed by atoms with Crippen LogP contribution < -0.4 is 0 Å². The molecule has 1 atom stereocenters. The van der Waals surface area contributed by atoms with Gasteiger partial charge in [0.15, 0.2) is 0 Å². The maximum Gasteiger partial charge on any atom is 0.308 e. The van der Waals surface area contributed by atoms with Gasteiger partial charge in [0.05, 0.1) is 65.4 Å². The standard InChI is InChI=1S/C31H62O7/c1-4-7-9-10-11-12-13-14-15-16-17-19-33-20-21-34-22-23-35-24-25-36-26-27-37-28-29-38-31(32)30(6-3)18-8-5-2/h30H,4-29H2,1-3H3.